The average molecular weight is 266 g/mol. The van der Waals surface area contributed by atoms with Crippen molar-refractivity contribution in [2.45, 2.75) is 38.5 Å². The van der Waals surface area contributed by atoms with E-state index in [1.54, 1.807) is 12.1 Å². The molecule has 4 nitrogen and oxygen atoms in total. The Kier molecular flexibility index (Phi) is 4.74. The van der Waals surface area contributed by atoms with Gasteiger partial charge in [0, 0.05) is 13.2 Å². The molecule has 1 aliphatic rings. The second kappa shape index (κ2) is 6.52. The Balaban J connectivity index is 1.73. The van der Waals surface area contributed by atoms with Gasteiger partial charge in [-0.3, -0.25) is 0 Å². The summed E-state index contributed by atoms with van der Waals surface area (Å²) in [6, 6.07) is 5.83. The molecule has 0 radical (unpaired) electrons. The van der Waals surface area contributed by atoms with Crippen LogP contribution in [0, 0.1) is 5.82 Å². The van der Waals surface area contributed by atoms with E-state index < -0.39 is 0 Å². The van der Waals surface area contributed by atoms with Crippen LogP contribution in [0.25, 0.3) is 0 Å². The van der Waals surface area contributed by atoms with Crippen molar-refractivity contribution in [2.24, 2.45) is 0 Å². The van der Waals surface area contributed by atoms with Gasteiger partial charge in [0.1, 0.15) is 5.82 Å². The van der Waals surface area contributed by atoms with Crippen molar-refractivity contribution in [1.29, 1.82) is 0 Å². The quantitative estimate of drug-likeness (QED) is 0.877. The Morgan fingerprint density at radius 1 is 1.47 bits per heavy atom. The van der Waals surface area contributed by atoms with E-state index in [-0.39, 0.29) is 24.0 Å². The maximum atomic E-state index is 12.7. The molecular weight excluding hydrogens is 247 g/mol. The van der Waals surface area contributed by atoms with Crippen molar-refractivity contribution in [3.8, 4) is 0 Å². The number of hydrogen-bond acceptors (Lipinski definition) is 2. The van der Waals surface area contributed by atoms with Gasteiger partial charge in [-0.1, -0.05) is 12.1 Å². The SMILES string of the molecule is CC(NC(=O)NCc1ccc(F)cc1)C1CCCO1. The van der Waals surface area contributed by atoms with Crippen molar-refractivity contribution in [1.82, 2.24) is 10.6 Å². The normalized spacial score (nSPS) is 20.0. The number of ether oxygens (including phenoxy) is 1. The molecule has 1 saturated heterocycles. The van der Waals surface area contributed by atoms with Gasteiger partial charge in [-0.25, -0.2) is 9.18 Å². The van der Waals surface area contributed by atoms with E-state index in [4.69, 9.17) is 4.74 Å². The smallest absolute Gasteiger partial charge is 0.315 e. The minimum atomic E-state index is -0.278. The van der Waals surface area contributed by atoms with Crippen molar-refractivity contribution < 1.29 is 13.9 Å². The molecule has 0 aliphatic carbocycles. The minimum Gasteiger partial charge on any atom is -0.376 e. The molecule has 2 atom stereocenters. The molecular formula is C14H19FN2O2. The third kappa shape index (κ3) is 4.21. The minimum absolute atomic E-state index is 0.00396. The molecule has 1 aromatic rings. The van der Waals surface area contributed by atoms with E-state index >= 15 is 0 Å². The van der Waals surface area contributed by atoms with Gasteiger partial charge >= 0.3 is 6.03 Å². The van der Waals surface area contributed by atoms with Crippen LogP contribution < -0.4 is 10.6 Å². The molecule has 1 fully saturated rings. The molecule has 2 amide bonds. The third-order valence-electron chi connectivity index (χ3n) is 3.25. The lowest BCUT2D eigenvalue weighted by Gasteiger charge is -2.20. The Morgan fingerprint density at radius 2 is 2.21 bits per heavy atom. The molecule has 0 aromatic heterocycles. The van der Waals surface area contributed by atoms with Gasteiger partial charge in [0.25, 0.3) is 0 Å². The van der Waals surface area contributed by atoms with E-state index in [1.807, 2.05) is 6.92 Å². The van der Waals surface area contributed by atoms with Crippen LogP contribution in [-0.2, 0) is 11.3 Å². The molecule has 1 heterocycles. The first kappa shape index (κ1) is 13.8. The van der Waals surface area contributed by atoms with Crippen molar-refractivity contribution in [2.75, 3.05) is 6.61 Å². The second-order valence-corrected chi connectivity index (χ2v) is 4.79. The van der Waals surface area contributed by atoms with Gasteiger partial charge in [-0.15, -0.1) is 0 Å². The molecule has 2 N–H and O–H groups in total. The fraction of sp³-hybridized carbons (Fsp3) is 0.500. The van der Waals surface area contributed by atoms with Gasteiger partial charge in [0.15, 0.2) is 0 Å². The highest BCUT2D eigenvalue weighted by atomic mass is 19.1. The monoisotopic (exact) mass is 266 g/mol. The molecule has 104 valence electrons. The summed E-state index contributed by atoms with van der Waals surface area (Å²) in [6.07, 6.45) is 2.14. The zero-order chi connectivity index (χ0) is 13.7. The Hall–Kier alpha value is -1.62. The second-order valence-electron chi connectivity index (χ2n) is 4.79. The Morgan fingerprint density at radius 3 is 2.84 bits per heavy atom. The van der Waals surface area contributed by atoms with Crippen LogP contribution in [0.15, 0.2) is 24.3 Å². The van der Waals surface area contributed by atoms with E-state index in [0.29, 0.717) is 6.54 Å². The Bertz CT molecular complexity index is 416. The summed E-state index contributed by atoms with van der Waals surface area (Å²) in [4.78, 5) is 11.7. The predicted octanol–water partition coefficient (Wildman–Crippen LogP) is 2.19. The number of carbonyl (C=O) groups excluding carboxylic acids is 1. The van der Waals surface area contributed by atoms with Crippen LogP contribution in [-0.4, -0.2) is 24.8 Å². The standard InChI is InChI=1S/C14H19FN2O2/c1-10(13-3-2-8-19-13)17-14(18)16-9-11-4-6-12(15)7-5-11/h4-7,10,13H,2-3,8-9H2,1H3,(H2,16,17,18). The van der Waals surface area contributed by atoms with Gasteiger partial charge in [0.2, 0.25) is 0 Å². The summed E-state index contributed by atoms with van der Waals surface area (Å²) in [6.45, 7) is 3.09. The average Bonchev–Trinajstić information content (AvgIpc) is 2.92. The predicted molar refractivity (Wildman–Crippen MR) is 70.2 cm³/mol. The highest BCUT2D eigenvalue weighted by Gasteiger charge is 2.23. The summed E-state index contributed by atoms with van der Waals surface area (Å²) in [5.41, 5.74) is 0.862. The fourth-order valence-corrected chi connectivity index (χ4v) is 2.13. The van der Waals surface area contributed by atoms with Crippen LogP contribution >= 0.6 is 0 Å². The Labute approximate surface area is 112 Å². The maximum absolute atomic E-state index is 12.7. The van der Waals surface area contributed by atoms with Gasteiger partial charge in [0.05, 0.1) is 12.1 Å². The zero-order valence-corrected chi connectivity index (χ0v) is 11.0. The molecule has 0 spiro atoms. The van der Waals surface area contributed by atoms with Crippen LogP contribution in [0.3, 0.4) is 0 Å². The van der Waals surface area contributed by atoms with Crippen molar-refractivity contribution in [3.05, 3.63) is 35.6 Å². The zero-order valence-electron chi connectivity index (χ0n) is 11.0. The maximum Gasteiger partial charge on any atom is 0.315 e. The lowest BCUT2D eigenvalue weighted by atomic mass is 10.1. The largest absolute Gasteiger partial charge is 0.376 e. The van der Waals surface area contributed by atoms with Crippen LogP contribution in [0.2, 0.25) is 0 Å². The first-order chi connectivity index (χ1) is 9.15. The molecule has 0 saturated carbocycles. The van der Waals surface area contributed by atoms with Crippen molar-refractivity contribution in [3.63, 3.8) is 0 Å². The van der Waals surface area contributed by atoms with Crippen LogP contribution in [0.1, 0.15) is 25.3 Å². The fourth-order valence-electron chi connectivity index (χ4n) is 2.13. The van der Waals surface area contributed by atoms with Gasteiger partial charge in [-0.2, -0.15) is 0 Å². The number of halogens is 1. The molecule has 2 unspecified atom stereocenters. The topological polar surface area (TPSA) is 50.4 Å². The molecule has 1 aliphatic heterocycles. The number of nitrogens with one attached hydrogen (secondary N) is 2. The van der Waals surface area contributed by atoms with E-state index in [9.17, 15) is 9.18 Å². The highest BCUT2D eigenvalue weighted by Crippen LogP contribution is 2.15. The molecule has 19 heavy (non-hydrogen) atoms. The van der Waals surface area contributed by atoms with Gasteiger partial charge in [-0.05, 0) is 37.5 Å². The first-order valence-electron chi connectivity index (χ1n) is 6.55. The summed E-state index contributed by atoms with van der Waals surface area (Å²) in [7, 11) is 0. The summed E-state index contributed by atoms with van der Waals surface area (Å²) >= 11 is 0. The summed E-state index contributed by atoms with van der Waals surface area (Å²) in [5, 5.41) is 5.60. The lowest BCUT2D eigenvalue weighted by Crippen LogP contribution is -2.45. The number of amides is 2. The molecule has 5 heteroatoms. The van der Waals surface area contributed by atoms with E-state index in [1.165, 1.54) is 12.1 Å². The van der Waals surface area contributed by atoms with E-state index in [0.717, 1.165) is 25.0 Å². The lowest BCUT2D eigenvalue weighted by molar-refractivity contribution is 0.0860. The summed E-state index contributed by atoms with van der Waals surface area (Å²) in [5.74, 6) is -0.278. The highest BCUT2D eigenvalue weighted by molar-refractivity contribution is 5.74. The summed E-state index contributed by atoms with van der Waals surface area (Å²) < 4.78 is 18.2. The first-order valence-corrected chi connectivity index (χ1v) is 6.55. The number of carbonyl (C=O) groups is 1. The molecule has 0 bridgehead atoms. The third-order valence-corrected chi connectivity index (χ3v) is 3.25. The number of urea groups is 1. The molecule has 1 aromatic carbocycles. The molecule has 2 rings (SSSR count). The van der Waals surface area contributed by atoms with Crippen molar-refractivity contribution >= 4 is 6.03 Å². The number of hydrogen-bond donors (Lipinski definition) is 2. The number of rotatable bonds is 4. The van der Waals surface area contributed by atoms with Crippen LogP contribution in [0.4, 0.5) is 9.18 Å². The van der Waals surface area contributed by atoms with E-state index in [2.05, 4.69) is 10.6 Å². The van der Waals surface area contributed by atoms with Gasteiger partial charge < -0.3 is 15.4 Å². The van der Waals surface area contributed by atoms with Crippen LogP contribution in [0.5, 0.6) is 0 Å². The number of benzene rings is 1.